The molecule has 0 saturated carbocycles. The lowest BCUT2D eigenvalue weighted by Crippen LogP contribution is -2.25. The molecule has 0 radical (unpaired) electrons. The highest BCUT2D eigenvalue weighted by Gasteiger charge is 2.25. The van der Waals surface area contributed by atoms with Crippen molar-refractivity contribution in [2.45, 2.75) is 26.7 Å². The van der Waals surface area contributed by atoms with Crippen molar-refractivity contribution in [3.05, 3.63) is 53.6 Å². The Balaban J connectivity index is 2.30. The number of hydrogen-bond acceptors (Lipinski definition) is 3. The molecular weight excluding hydrogens is 302 g/mol. The van der Waals surface area contributed by atoms with Crippen LogP contribution in [0.4, 0.5) is 5.69 Å². The maximum absolute atomic E-state index is 12.8. The van der Waals surface area contributed by atoms with Crippen LogP contribution in [0.5, 0.6) is 11.5 Å². The van der Waals surface area contributed by atoms with E-state index in [9.17, 15) is 4.79 Å². The number of carbonyl (C=O) groups excluding carboxylic acids is 1. The third kappa shape index (κ3) is 4.07. The van der Waals surface area contributed by atoms with Crippen LogP contribution in [0.25, 0.3) is 0 Å². The molecule has 128 valence electrons. The van der Waals surface area contributed by atoms with E-state index in [0.717, 1.165) is 16.8 Å². The lowest BCUT2D eigenvalue weighted by atomic mass is 9.87. The highest BCUT2D eigenvalue weighted by atomic mass is 16.5. The Morgan fingerprint density at radius 3 is 2.29 bits per heavy atom. The van der Waals surface area contributed by atoms with Crippen LogP contribution in [0.1, 0.15) is 30.9 Å². The number of ether oxygens (including phenoxy) is 2. The standard InChI is InChI=1S/C20H25NO3/c1-13(2)19(15-9-10-17(23-4)18(12-15)24-5)20(22)21-16-8-6-7-14(3)11-16/h6-13,19H,1-5H3,(H,21,22). The summed E-state index contributed by atoms with van der Waals surface area (Å²) in [7, 11) is 3.20. The molecule has 2 aromatic rings. The molecule has 0 bridgehead atoms. The van der Waals surface area contributed by atoms with Crippen molar-refractivity contribution in [3.8, 4) is 11.5 Å². The van der Waals surface area contributed by atoms with Gasteiger partial charge in [-0.1, -0.05) is 32.0 Å². The first kappa shape index (κ1) is 17.9. The molecule has 1 amide bonds. The van der Waals surface area contributed by atoms with Gasteiger partial charge in [-0.3, -0.25) is 4.79 Å². The maximum Gasteiger partial charge on any atom is 0.232 e. The molecule has 1 N–H and O–H groups in total. The van der Waals surface area contributed by atoms with Gasteiger partial charge in [0, 0.05) is 5.69 Å². The molecule has 0 aromatic heterocycles. The molecule has 0 spiro atoms. The Bertz CT molecular complexity index is 710. The fourth-order valence-corrected chi connectivity index (χ4v) is 2.83. The largest absolute Gasteiger partial charge is 0.493 e. The molecule has 0 fully saturated rings. The SMILES string of the molecule is COc1ccc(C(C(=O)Nc2cccc(C)c2)C(C)C)cc1OC. The zero-order chi connectivity index (χ0) is 17.7. The Hall–Kier alpha value is -2.49. The number of methoxy groups -OCH3 is 2. The van der Waals surface area contributed by atoms with E-state index in [1.807, 2.05) is 63.2 Å². The first-order valence-electron chi connectivity index (χ1n) is 8.05. The fraction of sp³-hybridized carbons (Fsp3) is 0.350. The van der Waals surface area contributed by atoms with Gasteiger partial charge in [-0.2, -0.15) is 0 Å². The third-order valence-electron chi connectivity index (χ3n) is 4.00. The zero-order valence-electron chi connectivity index (χ0n) is 14.9. The maximum atomic E-state index is 12.8. The average Bonchev–Trinajstić information content (AvgIpc) is 2.54. The Morgan fingerprint density at radius 2 is 1.71 bits per heavy atom. The number of carbonyl (C=O) groups is 1. The summed E-state index contributed by atoms with van der Waals surface area (Å²) >= 11 is 0. The van der Waals surface area contributed by atoms with Crippen molar-refractivity contribution in [2.24, 2.45) is 5.92 Å². The lowest BCUT2D eigenvalue weighted by molar-refractivity contribution is -0.118. The monoisotopic (exact) mass is 327 g/mol. The van der Waals surface area contributed by atoms with Gasteiger partial charge in [-0.15, -0.1) is 0 Å². The van der Waals surface area contributed by atoms with E-state index in [1.165, 1.54) is 0 Å². The molecule has 1 atom stereocenters. The second kappa shape index (κ2) is 7.86. The van der Waals surface area contributed by atoms with Gasteiger partial charge in [-0.05, 0) is 48.2 Å². The highest BCUT2D eigenvalue weighted by Crippen LogP contribution is 2.34. The summed E-state index contributed by atoms with van der Waals surface area (Å²) in [6.07, 6.45) is 0. The summed E-state index contributed by atoms with van der Waals surface area (Å²) < 4.78 is 10.6. The van der Waals surface area contributed by atoms with Crippen LogP contribution in [-0.4, -0.2) is 20.1 Å². The molecule has 0 heterocycles. The van der Waals surface area contributed by atoms with Crippen LogP contribution >= 0.6 is 0 Å². The smallest absolute Gasteiger partial charge is 0.232 e. The summed E-state index contributed by atoms with van der Waals surface area (Å²) in [4.78, 5) is 12.8. The van der Waals surface area contributed by atoms with Gasteiger partial charge in [0.05, 0.1) is 20.1 Å². The molecule has 0 aliphatic carbocycles. The summed E-state index contributed by atoms with van der Waals surface area (Å²) in [6, 6.07) is 13.4. The number of anilines is 1. The van der Waals surface area contributed by atoms with Gasteiger partial charge < -0.3 is 14.8 Å². The van der Waals surface area contributed by atoms with Crippen LogP contribution in [0.15, 0.2) is 42.5 Å². The van der Waals surface area contributed by atoms with Crippen LogP contribution in [0.3, 0.4) is 0 Å². The number of hydrogen-bond donors (Lipinski definition) is 1. The Morgan fingerprint density at radius 1 is 1.00 bits per heavy atom. The minimum atomic E-state index is -0.273. The minimum Gasteiger partial charge on any atom is -0.493 e. The van der Waals surface area contributed by atoms with Crippen molar-refractivity contribution in [1.29, 1.82) is 0 Å². The molecule has 24 heavy (non-hydrogen) atoms. The minimum absolute atomic E-state index is 0.0252. The van der Waals surface area contributed by atoms with Crippen LogP contribution in [-0.2, 0) is 4.79 Å². The average molecular weight is 327 g/mol. The number of benzene rings is 2. The van der Waals surface area contributed by atoms with E-state index in [1.54, 1.807) is 14.2 Å². The topological polar surface area (TPSA) is 47.6 Å². The molecule has 4 heteroatoms. The van der Waals surface area contributed by atoms with Gasteiger partial charge in [0.1, 0.15) is 0 Å². The molecule has 0 aliphatic rings. The summed E-state index contributed by atoms with van der Waals surface area (Å²) in [5.41, 5.74) is 2.83. The molecule has 0 aliphatic heterocycles. The number of amides is 1. The van der Waals surface area contributed by atoms with Crippen LogP contribution < -0.4 is 14.8 Å². The zero-order valence-corrected chi connectivity index (χ0v) is 14.9. The summed E-state index contributed by atoms with van der Waals surface area (Å²) in [5.74, 6) is 1.13. The second-order valence-corrected chi connectivity index (χ2v) is 6.19. The van der Waals surface area contributed by atoms with Gasteiger partial charge in [-0.25, -0.2) is 0 Å². The molecular formula is C20H25NO3. The molecule has 4 nitrogen and oxygen atoms in total. The van der Waals surface area contributed by atoms with Gasteiger partial charge in [0.2, 0.25) is 5.91 Å². The lowest BCUT2D eigenvalue weighted by Gasteiger charge is -2.22. The number of aryl methyl sites for hydroxylation is 1. The Kier molecular flexibility index (Phi) is 5.85. The number of rotatable bonds is 6. The van der Waals surface area contributed by atoms with Gasteiger partial charge in [0.25, 0.3) is 0 Å². The van der Waals surface area contributed by atoms with Crippen molar-refractivity contribution < 1.29 is 14.3 Å². The van der Waals surface area contributed by atoms with Crippen LogP contribution in [0, 0.1) is 12.8 Å². The Labute approximate surface area is 143 Å². The van der Waals surface area contributed by atoms with E-state index >= 15 is 0 Å². The molecule has 0 saturated heterocycles. The van der Waals surface area contributed by atoms with E-state index < -0.39 is 0 Å². The number of nitrogens with one attached hydrogen (secondary N) is 1. The second-order valence-electron chi connectivity index (χ2n) is 6.19. The molecule has 1 unspecified atom stereocenters. The quantitative estimate of drug-likeness (QED) is 0.856. The molecule has 2 aromatic carbocycles. The highest BCUT2D eigenvalue weighted by molar-refractivity contribution is 5.96. The van der Waals surface area contributed by atoms with Crippen molar-refractivity contribution in [2.75, 3.05) is 19.5 Å². The summed E-state index contributed by atoms with van der Waals surface area (Å²) in [5, 5.41) is 3.02. The first-order chi connectivity index (χ1) is 11.5. The van der Waals surface area contributed by atoms with E-state index in [0.29, 0.717) is 11.5 Å². The fourth-order valence-electron chi connectivity index (χ4n) is 2.83. The van der Waals surface area contributed by atoms with E-state index in [-0.39, 0.29) is 17.7 Å². The predicted octanol–water partition coefficient (Wildman–Crippen LogP) is 4.39. The van der Waals surface area contributed by atoms with Gasteiger partial charge in [0.15, 0.2) is 11.5 Å². The van der Waals surface area contributed by atoms with Crippen LogP contribution in [0.2, 0.25) is 0 Å². The normalized spacial score (nSPS) is 11.9. The first-order valence-corrected chi connectivity index (χ1v) is 8.05. The van der Waals surface area contributed by atoms with E-state index in [4.69, 9.17) is 9.47 Å². The van der Waals surface area contributed by atoms with Crippen molar-refractivity contribution >= 4 is 11.6 Å². The molecule has 2 rings (SSSR count). The third-order valence-corrected chi connectivity index (χ3v) is 4.00. The van der Waals surface area contributed by atoms with Crippen molar-refractivity contribution in [1.82, 2.24) is 0 Å². The van der Waals surface area contributed by atoms with E-state index in [2.05, 4.69) is 5.32 Å². The predicted molar refractivity (Wildman–Crippen MR) is 96.9 cm³/mol. The van der Waals surface area contributed by atoms with Crippen molar-refractivity contribution in [3.63, 3.8) is 0 Å². The van der Waals surface area contributed by atoms with Gasteiger partial charge >= 0.3 is 0 Å². The summed E-state index contributed by atoms with van der Waals surface area (Å²) in [6.45, 7) is 6.08.